The standard InChI is InChI=1S/C17H15BrClNO3/c1-11(23-17(22)12-6-4-7-14(18)9-12)16(21)20-10-13-5-2-3-8-15(13)19/h2-9,11H,10H2,1H3,(H,20,21). The minimum absolute atomic E-state index is 0.275. The normalized spacial score (nSPS) is 11.6. The number of ether oxygens (including phenoxy) is 1. The first-order valence-corrected chi connectivity index (χ1v) is 8.12. The van der Waals surface area contributed by atoms with Gasteiger partial charge in [-0.25, -0.2) is 4.79 Å². The van der Waals surface area contributed by atoms with E-state index in [2.05, 4.69) is 21.2 Å². The number of esters is 1. The molecule has 0 spiro atoms. The van der Waals surface area contributed by atoms with Crippen molar-refractivity contribution >= 4 is 39.4 Å². The van der Waals surface area contributed by atoms with E-state index in [0.29, 0.717) is 10.6 Å². The predicted molar refractivity (Wildman–Crippen MR) is 92.3 cm³/mol. The second kappa shape index (κ2) is 8.13. The van der Waals surface area contributed by atoms with Gasteiger partial charge in [0.15, 0.2) is 6.10 Å². The van der Waals surface area contributed by atoms with Gasteiger partial charge in [-0.2, -0.15) is 0 Å². The summed E-state index contributed by atoms with van der Waals surface area (Å²) >= 11 is 9.31. The van der Waals surface area contributed by atoms with E-state index in [1.54, 1.807) is 30.3 Å². The molecule has 0 heterocycles. The molecule has 0 aliphatic rings. The molecule has 0 aromatic heterocycles. The third-order valence-electron chi connectivity index (χ3n) is 3.12. The molecule has 0 saturated heterocycles. The fourth-order valence-corrected chi connectivity index (χ4v) is 2.47. The van der Waals surface area contributed by atoms with Crippen LogP contribution in [0.5, 0.6) is 0 Å². The summed E-state index contributed by atoms with van der Waals surface area (Å²) in [6.07, 6.45) is -0.899. The van der Waals surface area contributed by atoms with E-state index >= 15 is 0 Å². The van der Waals surface area contributed by atoms with Gasteiger partial charge < -0.3 is 10.1 Å². The van der Waals surface area contributed by atoms with Gasteiger partial charge in [-0.05, 0) is 36.8 Å². The Morgan fingerprint density at radius 3 is 2.65 bits per heavy atom. The van der Waals surface area contributed by atoms with Crippen molar-refractivity contribution in [1.82, 2.24) is 5.32 Å². The first-order valence-electron chi connectivity index (χ1n) is 6.95. The summed E-state index contributed by atoms with van der Waals surface area (Å²) in [4.78, 5) is 24.0. The van der Waals surface area contributed by atoms with Gasteiger partial charge in [-0.15, -0.1) is 0 Å². The highest BCUT2D eigenvalue weighted by Gasteiger charge is 2.19. The number of rotatable bonds is 5. The van der Waals surface area contributed by atoms with Crippen LogP contribution in [0, 0.1) is 0 Å². The van der Waals surface area contributed by atoms with Crippen LogP contribution in [0.25, 0.3) is 0 Å². The van der Waals surface area contributed by atoms with Gasteiger partial charge >= 0.3 is 5.97 Å². The molecule has 2 aromatic rings. The highest BCUT2D eigenvalue weighted by atomic mass is 79.9. The molecule has 6 heteroatoms. The number of amides is 1. The van der Waals surface area contributed by atoms with E-state index in [0.717, 1.165) is 10.0 Å². The number of hydrogen-bond acceptors (Lipinski definition) is 3. The molecule has 120 valence electrons. The lowest BCUT2D eigenvalue weighted by Gasteiger charge is -2.14. The minimum Gasteiger partial charge on any atom is -0.449 e. The second-order valence-corrected chi connectivity index (χ2v) is 6.19. The van der Waals surface area contributed by atoms with Crippen LogP contribution in [0.1, 0.15) is 22.8 Å². The smallest absolute Gasteiger partial charge is 0.338 e. The van der Waals surface area contributed by atoms with Gasteiger partial charge in [-0.3, -0.25) is 4.79 Å². The van der Waals surface area contributed by atoms with Gasteiger partial charge in [0, 0.05) is 16.0 Å². The third-order valence-corrected chi connectivity index (χ3v) is 3.99. The Kier molecular flexibility index (Phi) is 6.19. The molecule has 0 fully saturated rings. The number of carbonyl (C=O) groups is 2. The third kappa shape index (κ3) is 5.08. The van der Waals surface area contributed by atoms with E-state index in [9.17, 15) is 9.59 Å². The predicted octanol–water partition coefficient (Wildman–Crippen LogP) is 3.96. The molecule has 0 radical (unpaired) electrons. The second-order valence-electron chi connectivity index (χ2n) is 4.87. The van der Waals surface area contributed by atoms with E-state index in [4.69, 9.17) is 16.3 Å². The van der Waals surface area contributed by atoms with E-state index in [1.165, 1.54) is 6.92 Å². The SMILES string of the molecule is CC(OC(=O)c1cccc(Br)c1)C(=O)NCc1ccccc1Cl. The molecule has 1 N–H and O–H groups in total. The zero-order chi connectivity index (χ0) is 16.8. The van der Waals surface area contributed by atoms with Crippen LogP contribution in [0.4, 0.5) is 0 Å². The quantitative estimate of drug-likeness (QED) is 0.778. The minimum atomic E-state index is -0.899. The molecule has 1 amide bonds. The van der Waals surface area contributed by atoms with E-state index in [-0.39, 0.29) is 12.5 Å². The van der Waals surface area contributed by atoms with Crippen LogP contribution in [0.3, 0.4) is 0 Å². The van der Waals surface area contributed by atoms with Gasteiger partial charge in [0.05, 0.1) is 5.56 Å². The Balaban J connectivity index is 1.90. The van der Waals surface area contributed by atoms with Crippen LogP contribution in [-0.2, 0) is 16.1 Å². The maximum atomic E-state index is 12.0. The molecule has 0 saturated carbocycles. The van der Waals surface area contributed by atoms with Crippen LogP contribution >= 0.6 is 27.5 Å². The van der Waals surface area contributed by atoms with Gasteiger partial charge in [0.1, 0.15) is 0 Å². The molecule has 0 bridgehead atoms. The highest BCUT2D eigenvalue weighted by molar-refractivity contribution is 9.10. The van der Waals surface area contributed by atoms with E-state index < -0.39 is 12.1 Å². The fourth-order valence-electron chi connectivity index (χ4n) is 1.87. The molecule has 4 nitrogen and oxygen atoms in total. The first-order chi connectivity index (χ1) is 11.0. The Morgan fingerprint density at radius 1 is 1.22 bits per heavy atom. The average Bonchev–Trinajstić information content (AvgIpc) is 2.53. The summed E-state index contributed by atoms with van der Waals surface area (Å²) in [5.74, 6) is -0.931. The Morgan fingerprint density at radius 2 is 1.96 bits per heavy atom. The molecule has 2 rings (SSSR count). The Hall–Kier alpha value is -1.85. The fraction of sp³-hybridized carbons (Fsp3) is 0.176. The summed E-state index contributed by atoms with van der Waals surface area (Å²) in [7, 11) is 0. The summed E-state index contributed by atoms with van der Waals surface area (Å²) in [6.45, 7) is 1.80. The average molecular weight is 397 g/mol. The topological polar surface area (TPSA) is 55.4 Å². The van der Waals surface area contributed by atoms with E-state index in [1.807, 2.05) is 18.2 Å². The largest absolute Gasteiger partial charge is 0.449 e. The van der Waals surface area contributed by atoms with Crippen molar-refractivity contribution < 1.29 is 14.3 Å². The van der Waals surface area contributed by atoms with Crippen molar-refractivity contribution in [2.45, 2.75) is 19.6 Å². The molecular formula is C17H15BrClNO3. The number of hydrogen-bond donors (Lipinski definition) is 1. The van der Waals surface area contributed by atoms with Crippen molar-refractivity contribution in [1.29, 1.82) is 0 Å². The number of halogens is 2. The number of carbonyl (C=O) groups excluding carboxylic acids is 2. The van der Waals surface area contributed by atoms with Gasteiger partial charge in [0.2, 0.25) is 0 Å². The zero-order valence-electron chi connectivity index (χ0n) is 12.4. The molecule has 1 unspecified atom stereocenters. The maximum Gasteiger partial charge on any atom is 0.338 e. The monoisotopic (exact) mass is 395 g/mol. The summed E-state index contributed by atoms with van der Waals surface area (Å²) in [6, 6.07) is 14.0. The van der Waals surface area contributed by atoms with Crippen LogP contribution in [0.2, 0.25) is 5.02 Å². The lowest BCUT2D eigenvalue weighted by molar-refractivity contribution is -0.129. The lowest BCUT2D eigenvalue weighted by atomic mass is 10.2. The summed E-state index contributed by atoms with van der Waals surface area (Å²) < 4.78 is 5.93. The van der Waals surface area contributed by atoms with Crippen molar-refractivity contribution in [3.8, 4) is 0 Å². The van der Waals surface area contributed by atoms with Crippen molar-refractivity contribution in [3.05, 3.63) is 69.2 Å². The van der Waals surface area contributed by atoms with Crippen molar-refractivity contribution in [2.75, 3.05) is 0 Å². The maximum absolute atomic E-state index is 12.0. The van der Waals surface area contributed by atoms with Gasteiger partial charge in [0.25, 0.3) is 5.91 Å². The van der Waals surface area contributed by atoms with Crippen molar-refractivity contribution in [3.63, 3.8) is 0 Å². The van der Waals surface area contributed by atoms with Crippen LogP contribution in [0.15, 0.2) is 53.0 Å². The zero-order valence-corrected chi connectivity index (χ0v) is 14.7. The highest BCUT2D eigenvalue weighted by Crippen LogP contribution is 2.15. The molecule has 0 aliphatic heterocycles. The molecule has 2 aromatic carbocycles. The lowest BCUT2D eigenvalue weighted by Crippen LogP contribution is -2.35. The summed E-state index contributed by atoms with van der Waals surface area (Å²) in [5.41, 5.74) is 1.18. The summed E-state index contributed by atoms with van der Waals surface area (Å²) in [5, 5.41) is 3.27. The van der Waals surface area contributed by atoms with Crippen LogP contribution < -0.4 is 5.32 Å². The van der Waals surface area contributed by atoms with Gasteiger partial charge in [-0.1, -0.05) is 51.8 Å². The Bertz CT molecular complexity index is 720. The number of nitrogens with one attached hydrogen (secondary N) is 1. The molecule has 1 atom stereocenters. The first kappa shape index (κ1) is 17.5. The molecular weight excluding hydrogens is 382 g/mol. The van der Waals surface area contributed by atoms with Crippen molar-refractivity contribution in [2.24, 2.45) is 0 Å². The van der Waals surface area contributed by atoms with Crippen LogP contribution in [-0.4, -0.2) is 18.0 Å². The molecule has 23 heavy (non-hydrogen) atoms. The Labute approximate surface area is 147 Å². The number of benzene rings is 2. The molecule has 0 aliphatic carbocycles.